The van der Waals surface area contributed by atoms with Gasteiger partial charge in [0.1, 0.15) is 5.69 Å². The van der Waals surface area contributed by atoms with Crippen LogP contribution in [0.4, 0.5) is 0 Å². The maximum absolute atomic E-state index is 12.9. The van der Waals surface area contributed by atoms with E-state index in [1.54, 1.807) is 6.20 Å². The SMILES string of the molecule is CC(NC(=O)c1nc(-c2cc(CCNCc3cccn3C)ccn2)[nH]c(=O)c1O)C1CCCCC1. The zero-order valence-corrected chi connectivity index (χ0v) is 20.4. The number of aromatic hydroxyl groups is 1. The number of hydrogen-bond donors (Lipinski definition) is 4. The molecule has 0 radical (unpaired) electrons. The molecule has 0 spiro atoms. The minimum Gasteiger partial charge on any atom is -0.501 e. The van der Waals surface area contributed by atoms with Gasteiger partial charge in [0.2, 0.25) is 5.75 Å². The lowest BCUT2D eigenvalue weighted by Crippen LogP contribution is -2.39. The van der Waals surface area contributed by atoms with E-state index in [-0.39, 0.29) is 17.6 Å². The van der Waals surface area contributed by atoms with E-state index in [9.17, 15) is 14.7 Å². The van der Waals surface area contributed by atoms with Crippen LogP contribution in [0.15, 0.2) is 41.5 Å². The summed E-state index contributed by atoms with van der Waals surface area (Å²) in [7, 11) is 2.02. The van der Waals surface area contributed by atoms with Gasteiger partial charge in [-0.3, -0.25) is 14.6 Å². The minimum absolute atomic E-state index is 0.0590. The quantitative estimate of drug-likeness (QED) is 0.351. The maximum atomic E-state index is 12.9. The van der Waals surface area contributed by atoms with E-state index in [0.29, 0.717) is 11.6 Å². The molecule has 1 aliphatic rings. The number of nitrogens with one attached hydrogen (secondary N) is 3. The fourth-order valence-electron chi connectivity index (χ4n) is 4.66. The lowest BCUT2D eigenvalue weighted by Gasteiger charge is -2.28. The van der Waals surface area contributed by atoms with Crippen LogP contribution in [0.1, 0.15) is 60.8 Å². The largest absolute Gasteiger partial charge is 0.501 e. The highest BCUT2D eigenvalue weighted by Crippen LogP contribution is 2.26. The number of aryl methyl sites for hydroxylation is 1. The van der Waals surface area contributed by atoms with Crippen molar-refractivity contribution in [1.29, 1.82) is 0 Å². The number of amides is 1. The number of rotatable bonds is 9. The van der Waals surface area contributed by atoms with Crippen LogP contribution < -0.4 is 16.2 Å². The Bertz CT molecular complexity index is 1210. The molecule has 0 bridgehead atoms. The summed E-state index contributed by atoms with van der Waals surface area (Å²) in [5.74, 6) is -0.677. The number of aromatic nitrogens is 4. The molecule has 1 fully saturated rings. The first kappa shape index (κ1) is 24.7. The number of carbonyl (C=O) groups excluding carboxylic acids is 1. The Balaban J connectivity index is 1.44. The van der Waals surface area contributed by atoms with Crippen LogP contribution in [0.2, 0.25) is 0 Å². The molecule has 1 aliphatic carbocycles. The van der Waals surface area contributed by atoms with Gasteiger partial charge in [0, 0.05) is 37.7 Å². The Kier molecular flexibility index (Phi) is 7.97. The van der Waals surface area contributed by atoms with E-state index in [2.05, 4.69) is 36.2 Å². The van der Waals surface area contributed by atoms with Crippen LogP contribution in [-0.2, 0) is 20.0 Å². The van der Waals surface area contributed by atoms with Crippen molar-refractivity contribution < 1.29 is 9.90 Å². The first-order valence-corrected chi connectivity index (χ1v) is 12.3. The summed E-state index contributed by atoms with van der Waals surface area (Å²) in [6.07, 6.45) is 10.1. The molecule has 1 atom stereocenters. The highest BCUT2D eigenvalue weighted by atomic mass is 16.3. The molecular formula is C26H34N6O3. The highest BCUT2D eigenvalue weighted by molar-refractivity contribution is 5.95. The molecule has 0 aliphatic heterocycles. The van der Waals surface area contributed by atoms with Gasteiger partial charge in [-0.15, -0.1) is 0 Å². The van der Waals surface area contributed by atoms with Gasteiger partial charge in [-0.05, 0) is 68.5 Å². The Hall–Kier alpha value is -3.46. The second-order valence-electron chi connectivity index (χ2n) is 9.36. The molecule has 186 valence electrons. The first-order valence-electron chi connectivity index (χ1n) is 12.3. The number of aromatic amines is 1. The average Bonchev–Trinajstić information content (AvgIpc) is 3.28. The summed E-state index contributed by atoms with van der Waals surface area (Å²) in [6.45, 7) is 3.50. The monoisotopic (exact) mass is 478 g/mol. The molecule has 35 heavy (non-hydrogen) atoms. The number of pyridine rings is 1. The minimum atomic E-state index is -0.762. The summed E-state index contributed by atoms with van der Waals surface area (Å²) in [4.78, 5) is 36.5. The smallest absolute Gasteiger partial charge is 0.294 e. The molecule has 9 nitrogen and oxygen atoms in total. The number of H-pyrrole nitrogens is 1. The van der Waals surface area contributed by atoms with E-state index in [0.717, 1.165) is 50.8 Å². The zero-order valence-electron chi connectivity index (χ0n) is 20.4. The van der Waals surface area contributed by atoms with Crippen LogP contribution in [0, 0.1) is 5.92 Å². The van der Waals surface area contributed by atoms with Gasteiger partial charge in [0.15, 0.2) is 11.5 Å². The molecule has 1 unspecified atom stereocenters. The lowest BCUT2D eigenvalue weighted by molar-refractivity contribution is 0.0911. The van der Waals surface area contributed by atoms with E-state index in [1.165, 1.54) is 12.1 Å². The van der Waals surface area contributed by atoms with Crippen molar-refractivity contribution in [3.63, 3.8) is 0 Å². The van der Waals surface area contributed by atoms with Crippen molar-refractivity contribution in [2.75, 3.05) is 6.54 Å². The predicted molar refractivity (Wildman–Crippen MR) is 134 cm³/mol. The van der Waals surface area contributed by atoms with E-state index >= 15 is 0 Å². The van der Waals surface area contributed by atoms with E-state index < -0.39 is 17.2 Å². The fraction of sp³-hybridized carbons (Fsp3) is 0.462. The third-order valence-corrected chi connectivity index (χ3v) is 6.84. The molecule has 9 heteroatoms. The van der Waals surface area contributed by atoms with Gasteiger partial charge in [-0.2, -0.15) is 0 Å². The van der Waals surface area contributed by atoms with Crippen LogP contribution in [0.5, 0.6) is 5.75 Å². The molecule has 3 heterocycles. The van der Waals surface area contributed by atoms with Crippen LogP contribution in [0.3, 0.4) is 0 Å². The van der Waals surface area contributed by atoms with Crippen molar-refractivity contribution in [3.05, 3.63) is 64.0 Å². The van der Waals surface area contributed by atoms with Crippen molar-refractivity contribution in [2.24, 2.45) is 13.0 Å². The van der Waals surface area contributed by atoms with Crippen LogP contribution in [-0.4, -0.2) is 43.1 Å². The summed E-state index contributed by atoms with van der Waals surface area (Å²) in [6, 6.07) is 7.78. The second-order valence-corrected chi connectivity index (χ2v) is 9.36. The normalized spacial score (nSPS) is 15.1. The third-order valence-electron chi connectivity index (χ3n) is 6.84. The highest BCUT2D eigenvalue weighted by Gasteiger charge is 2.25. The van der Waals surface area contributed by atoms with Gasteiger partial charge in [0.25, 0.3) is 11.5 Å². The number of nitrogens with zero attached hydrogens (tertiary/aromatic N) is 3. The Morgan fingerprint density at radius 3 is 2.83 bits per heavy atom. The fourth-order valence-corrected chi connectivity index (χ4v) is 4.66. The lowest BCUT2D eigenvalue weighted by atomic mass is 9.84. The van der Waals surface area contributed by atoms with E-state index in [4.69, 9.17) is 0 Å². The Morgan fingerprint density at radius 2 is 2.09 bits per heavy atom. The molecule has 4 N–H and O–H groups in total. The molecule has 3 aromatic rings. The van der Waals surface area contributed by atoms with Gasteiger partial charge in [-0.25, -0.2) is 4.98 Å². The summed E-state index contributed by atoms with van der Waals surface area (Å²) in [5, 5.41) is 16.6. The molecular weight excluding hydrogens is 444 g/mol. The topological polar surface area (TPSA) is 125 Å². The molecule has 4 rings (SSSR count). The van der Waals surface area contributed by atoms with Gasteiger partial charge in [0.05, 0.1) is 0 Å². The van der Waals surface area contributed by atoms with Crippen LogP contribution >= 0.6 is 0 Å². The number of carbonyl (C=O) groups is 1. The second kappa shape index (κ2) is 11.3. The molecule has 3 aromatic heterocycles. The average molecular weight is 479 g/mol. The summed E-state index contributed by atoms with van der Waals surface area (Å²) >= 11 is 0. The van der Waals surface area contributed by atoms with Crippen LogP contribution in [0.25, 0.3) is 11.5 Å². The van der Waals surface area contributed by atoms with Crippen molar-refractivity contribution in [3.8, 4) is 17.3 Å². The molecule has 0 aromatic carbocycles. The molecule has 1 saturated carbocycles. The number of hydrogen-bond acceptors (Lipinski definition) is 6. The van der Waals surface area contributed by atoms with Crippen molar-refractivity contribution in [1.82, 2.24) is 30.2 Å². The molecule has 1 amide bonds. The Labute approximate surface area is 205 Å². The van der Waals surface area contributed by atoms with Gasteiger partial charge >= 0.3 is 0 Å². The molecule has 0 saturated heterocycles. The first-order chi connectivity index (χ1) is 16.9. The third kappa shape index (κ3) is 6.16. The standard InChI is InChI=1S/C26H34N6O3/c1-17(19-7-4-3-5-8-19)29-25(34)22-23(33)26(35)31-24(30-22)21-15-18(11-13-28-21)10-12-27-16-20-9-6-14-32(20)2/h6,9,11,13-15,17,19,27,33H,3-5,7-8,10,12,16H2,1-2H3,(H,29,34)(H,30,31,35). The maximum Gasteiger partial charge on any atom is 0.294 e. The van der Waals surface area contributed by atoms with Gasteiger partial charge < -0.3 is 25.3 Å². The predicted octanol–water partition coefficient (Wildman–Crippen LogP) is 2.91. The summed E-state index contributed by atoms with van der Waals surface area (Å²) < 4.78 is 2.08. The van der Waals surface area contributed by atoms with Crippen molar-refractivity contribution in [2.45, 2.75) is 58.0 Å². The Morgan fingerprint density at radius 1 is 1.29 bits per heavy atom. The summed E-state index contributed by atoms with van der Waals surface area (Å²) in [5.41, 5.74) is 1.62. The van der Waals surface area contributed by atoms with Crippen molar-refractivity contribution >= 4 is 5.91 Å². The van der Waals surface area contributed by atoms with Gasteiger partial charge in [-0.1, -0.05) is 19.3 Å². The zero-order chi connectivity index (χ0) is 24.8. The van der Waals surface area contributed by atoms with E-state index in [1.807, 2.05) is 38.4 Å².